The van der Waals surface area contributed by atoms with Gasteiger partial charge in [-0.3, -0.25) is 9.59 Å². The van der Waals surface area contributed by atoms with Gasteiger partial charge in [0.15, 0.2) is 5.69 Å². The summed E-state index contributed by atoms with van der Waals surface area (Å²) in [6, 6.07) is 2.60. The molecule has 0 unspecified atom stereocenters. The number of ether oxygens (including phenoxy) is 1. The highest BCUT2D eigenvalue weighted by molar-refractivity contribution is 6.05. The van der Waals surface area contributed by atoms with Crippen LogP contribution < -0.4 is 15.8 Å². The Bertz CT molecular complexity index is 1120. The molecule has 4 N–H and O–H groups in total. The summed E-state index contributed by atoms with van der Waals surface area (Å²) in [5, 5.41) is 12.6. The van der Waals surface area contributed by atoms with E-state index in [1.807, 2.05) is 19.0 Å². The minimum Gasteiger partial charge on any atom is -0.491 e. The van der Waals surface area contributed by atoms with Crippen molar-refractivity contribution in [1.29, 1.82) is 0 Å². The molecule has 0 spiro atoms. The summed E-state index contributed by atoms with van der Waals surface area (Å²) in [7, 11) is 3.75. The lowest BCUT2D eigenvalue weighted by Crippen LogP contribution is -2.34. The Kier molecular flexibility index (Phi) is 6.52. The van der Waals surface area contributed by atoms with E-state index < -0.39 is 23.2 Å². The lowest BCUT2D eigenvalue weighted by Gasteiger charge is -2.12. The number of benzene rings is 1. The van der Waals surface area contributed by atoms with Gasteiger partial charge in [-0.1, -0.05) is 11.8 Å². The molecule has 170 valence electrons. The highest BCUT2D eigenvalue weighted by atomic mass is 19.1. The molecule has 1 aromatic carbocycles. The number of likely N-dealkylation sites (N-methyl/N-ethyl adjacent to an activating group) is 1. The number of primary amides is 1. The molecule has 0 aliphatic carbocycles. The number of carbonyl (C=O) groups is 2. The molecular weight excluding hydrogens is 417 g/mol. The zero-order valence-electron chi connectivity index (χ0n) is 18.5. The average molecular weight is 443 g/mol. The van der Waals surface area contributed by atoms with Gasteiger partial charge in [0, 0.05) is 19.2 Å². The first kappa shape index (κ1) is 23.2. The predicted octanol–water partition coefficient (Wildman–Crippen LogP) is 0.594. The molecule has 2 amide bonds. The first-order valence-electron chi connectivity index (χ1n) is 10.0. The Morgan fingerprint density at radius 3 is 2.75 bits per heavy atom. The second-order valence-corrected chi connectivity index (χ2v) is 8.19. The van der Waals surface area contributed by atoms with Crippen LogP contribution in [0.15, 0.2) is 12.1 Å². The number of hydrogen-bond donors (Lipinski definition) is 3. The van der Waals surface area contributed by atoms with Crippen LogP contribution in [0.5, 0.6) is 5.75 Å². The van der Waals surface area contributed by atoms with Gasteiger partial charge in [-0.15, -0.1) is 0 Å². The molecule has 1 aliphatic heterocycles. The first-order chi connectivity index (χ1) is 15.0. The zero-order valence-corrected chi connectivity index (χ0v) is 18.5. The van der Waals surface area contributed by atoms with Gasteiger partial charge in [0.1, 0.15) is 35.3 Å². The number of imidazole rings is 1. The van der Waals surface area contributed by atoms with E-state index in [1.54, 1.807) is 4.57 Å². The predicted molar refractivity (Wildman–Crippen MR) is 116 cm³/mol. The number of nitrogens with one attached hydrogen (secondary N) is 1. The van der Waals surface area contributed by atoms with Crippen molar-refractivity contribution in [2.75, 3.05) is 33.8 Å². The molecule has 2 heterocycles. The number of aliphatic hydroxyl groups is 1. The molecular formula is C22H26FN5O4. The van der Waals surface area contributed by atoms with E-state index in [9.17, 15) is 19.1 Å². The Morgan fingerprint density at radius 2 is 2.12 bits per heavy atom. The van der Waals surface area contributed by atoms with Gasteiger partial charge < -0.3 is 30.4 Å². The SMILES string of the molecule is CN(C)CCNC(=O)c1c(C(N)=O)nc2n1CCOc1cc(F)c(C#CC(C)(C)O)cc1-2. The van der Waals surface area contributed by atoms with Crippen LogP contribution in [0, 0.1) is 17.7 Å². The van der Waals surface area contributed by atoms with Crippen molar-refractivity contribution in [3.63, 3.8) is 0 Å². The molecule has 0 radical (unpaired) electrons. The number of hydrogen-bond acceptors (Lipinski definition) is 6. The Hall–Kier alpha value is -3.42. The first-order valence-corrected chi connectivity index (χ1v) is 10.0. The number of amides is 2. The van der Waals surface area contributed by atoms with Crippen LogP contribution in [-0.4, -0.2) is 70.8 Å². The Morgan fingerprint density at radius 1 is 1.41 bits per heavy atom. The minimum atomic E-state index is -1.31. The highest BCUT2D eigenvalue weighted by Crippen LogP contribution is 2.35. The third-order valence-electron chi connectivity index (χ3n) is 4.65. The van der Waals surface area contributed by atoms with Crippen molar-refractivity contribution in [3.8, 4) is 29.0 Å². The fraction of sp³-hybridized carbons (Fsp3) is 0.409. The Labute approximate surface area is 185 Å². The van der Waals surface area contributed by atoms with Gasteiger partial charge in [0.05, 0.1) is 17.7 Å². The maximum atomic E-state index is 14.6. The van der Waals surface area contributed by atoms with Crippen LogP contribution in [-0.2, 0) is 6.54 Å². The molecule has 3 rings (SSSR count). The fourth-order valence-corrected chi connectivity index (χ4v) is 3.17. The molecule has 0 atom stereocenters. The summed E-state index contributed by atoms with van der Waals surface area (Å²) in [6.07, 6.45) is 0. The number of halogens is 1. The van der Waals surface area contributed by atoms with Crippen LogP contribution >= 0.6 is 0 Å². The van der Waals surface area contributed by atoms with Gasteiger partial charge in [-0.25, -0.2) is 9.37 Å². The van der Waals surface area contributed by atoms with E-state index in [2.05, 4.69) is 22.1 Å². The van der Waals surface area contributed by atoms with E-state index in [0.717, 1.165) is 0 Å². The van der Waals surface area contributed by atoms with Crippen LogP contribution in [0.2, 0.25) is 0 Å². The van der Waals surface area contributed by atoms with Crippen molar-refractivity contribution in [2.24, 2.45) is 5.73 Å². The molecule has 10 heteroatoms. The number of aromatic nitrogens is 2. The van der Waals surface area contributed by atoms with Gasteiger partial charge in [-0.05, 0) is 34.0 Å². The molecule has 1 aromatic heterocycles. The summed E-state index contributed by atoms with van der Waals surface area (Å²) < 4.78 is 21.8. The fourth-order valence-electron chi connectivity index (χ4n) is 3.17. The topological polar surface area (TPSA) is 123 Å². The van der Waals surface area contributed by atoms with Crippen LogP contribution in [0.3, 0.4) is 0 Å². The van der Waals surface area contributed by atoms with Crippen molar-refractivity contribution in [2.45, 2.75) is 26.0 Å². The summed E-state index contributed by atoms with van der Waals surface area (Å²) in [5.74, 6) is 3.66. The molecule has 32 heavy (non-hydrogen) atoms. The number of rotatable bonds is 5. The van der Waals surface area contributed by atoms with Gasteiger partial charge in [0.25, 0.3) is 11.8 Å². The zero-order chi connectivity index (χ0) is 23.6. The summed E-state index contributed by atoms with van der Waals surface area (Å²) in [4.78, 5) is 31.2. The van der Waals surface area contributed by atoms with E-state index in [-0.39, 0.29) is 41.7 Å². The minimum absolute atomic E-state index is 0.0172. The number of nitrogens with zero attached hydrogens (tertiary/aromatic N) is 3. The lowest BCUT2D eigenvalue weighted by atomic mass is 10.1. The third kappa shape index (κ3) is 5.07. The molecule has 0 fully saturated rings. The number of nitrogens with two attached hydrogens (primary N) is 1. The molecule has 1 aliphatic rings. The van der Waals surface area contributed by atoms with Crippen molar-refractivity contribution >= 4 is 11.8 Å². The van der Waals surface area contributed by atoms with Crippen LogP contribution in [0.1, 0.15) is 40.4 Å². The van der Waals surface area contributed by atoms with Crippen LogP contribution in [0.4, 0.5) is 4.39 Å². The molecule has 0 saturated carbocycles. The van der Waals surface area contributed by atoms with Crippen LogP contribution in [0.25, 0.3) is 11.4 Å². The van der Waals surface area contributed by atoms with Crippen molar-refractivity contribution in [3.05, 3.63) is 34.9 Å². The summed E-state index contributed by atoms with van der Waals surface area (Å²) in [5.41, 5.74) is 4.42. The van der Waals surface area contributed by atoms with E-state index in [0.29, 0.717) is 18.7 Å². The second-order valence-electron chi connectivity index (χ2n) is 8.19. The maximum absolute atomic E-state index is 14.6. The monoisotopic (exact) mass is 443 g/mol. The van der Waals surface area contributed by atoms with Crippen molar-refractivity contribution < 1.29 is 23.8 Å². The average Bonchev–Trinajstić information content (AvgIpc) is 2.97. The largest absolute Gasteiger partial charge is 0.491 e. The van der Waals surface area contributed by atoms with E-state index >= 15 is 0 Å². The van der Waals surface area contributed by atoms with E-state index in [4.69, 9.17) is 10.5 Å². The normalized spacial score (nSPS) is 12.7. The third-order valence-corrected chi connectivity index (χ3v) is 4.65. The number of fused-ring (bicyclic) bond motifs is 3. The van der Waals surface area contributed by atoms with Gasteiger partial charge in [-0.2, -0.15) is 0 Å². The lowest BCUT2D eigenvalue weighted by molar-refractivity contribution is 0.0923. The van der Waals surface area contributed by atoms with Crippen molar-refractivity contribution in [1.82, 2.24) is 19.8 Å². The maximum Gasteiger partial charge on any atom is 0.270 e. The summed E-state index contributed by atoms with van der Waals surface area (Å²) >= 11 is 0. The quantitative estimate of drug-likeness (QED) is 0.582. The molecule has 9 nitrogen and oxygen atoms in total. The second kappa shape index (κ2) is 8.98. The molecule has 0 bridgehead atoms. The van der Waals surface area contributed by atoms with Gasteiger partial charge >= 0.3 is 0 Å². The summed E-state index contributed by atoms with van der Waals surface area (Å²) in [6.45, 7) is 4.26. The van der Waals surface area contributed by atoms with E-state index in [1.165, 1.54) is 26.0 Å². The number of carbonyl (C=O) groups excluding carboxylic acids is 2. The highest BCUT2D eigenvalue weighted by Gasteiger charge is 2.30. The standard InChI is InChI=1S/C22H26FN5O4/c1-22(2,31)6-5-13-11-14-16(12-15(13)23)32-10-9-28-18(17(19(24)29)26-20(14)28)21(30)25-7-8-27(3)4/h11-12,31H,7-10H2,1-4H3,(H2,24,29)(H,25,30). The smallest absolute Gasteiger partial charge is 0.270 e. The molecule has 0 saturated heterocycles. The van der Waals surface area contributed by atoms with Gasteiger partial charge in [0.2, 0.25) is 0 Å². The Balaban J connectivity index is 2.12. The molecule has 2 aromatic rings.